The van der Waals surface area contributed by atoms with Crippen molar-refractivity contribution in [1.82, 2.24) is 10.2 Å². The molecule has 0 atom stereocenters. The summed E-state index contributed by atoms with van der Waals surface area (Å²) < 4.78 is 0. The first kappa shape index (κ1) is 10.7. The van der Waals surface area contributed by atoms with Crippen molar-refractivity contribution >= 4 is 22.6 Å². The van der Waals surface area contributed by atoms with Crippen LogP contribution in [0, 0.1) is 10.1 Å². The number of fused-ring (bicyclic) bond motifs is 1. The van der Waals surface area contributed by atoms with E-state index in [4.69, 9.17) is 5.11 Å². The molecule has 0 unspecified atom stereocenters. The van der Waals surface area contributed by atoms with Crippen LogP contribution in [0.15, 0.2) is 23.0 Å². The van der Waals surface area contributed by atoms with Gasteiger partial charge in [-0.05, 0) is 6.07 Å². The molecule has 2 aromatic rings. The van der Waals surface area contributed by atoms with E-state index in [1.807, 2.05) is 0 Å². The second-order valence-corrected chi connectivity index (χ2v) is 3.19. The Kier molecular flexibility index (Phi) is 2.32. The van der Waals surface area contributed by atoms with Crippen LogP contribution >= 0.6 is 0 Å². The molecule has 8 heteroatoms. The van der Waals surface area contributed by atoms with Crippen LogP contribution in [-0.4, -0.2) is 26.2 Å². The van der Waals surface area contributed by atoms with Gasteiger partial charge in [-0.1, -0.05) is 0 Å². The zero-order valence-corrected chi connectivity index (χ0v) is 8.21. The van der Waals surface area contributed by atoms with Crippen molar-refractivity contribution in [1.29, 1.82) is 0 Å². The van der Waals surface area contributed by atoms with Gasteiger partial charge in [-0.15, -0.1) is 0 Å². The lowest BCUT2D eigenvalue weighted by atomic mass is 10.2. The average molecular weight is 235 g/mol. The van der Waals surface area contributed by atoms with E-state index in [1.165, 1.54) is 12.1 Å². The van der Waals surface area contributed by atoms with E-state index < -0.39 is 22.0 Å². The van der Waals surface area contributed by atoms with Crippen LogP contribution in [0.25, 0.3) is 10.9 Å². The minimum Gasteiger partial charge on any atom is -0.476 e. The number of non-ortho nitro benzene ring substituents is 1. The molecule has 0 spiro atoms. The number of hydrogen-bond acceptors (Lipinski definition) is 5. The smallest absolute Gasteiger partial charge is 0.360 e. The second-order valence-electron chi connectivity index (χ2n) is 3.19. The molecule has 86 valence electrons. The van der Waals surface area contributed by atoms with Crippen LogP contribution in [0.1, 0.15) is 10.5 Å². The Balaban J connectivity index is 2.83. The van der Waals surface area contributed by atoms with Crippen LogP contribution in [-0.2, 0) is 0 Å². The summed E-state index contributed by atoms with van der Waals surface area (Å²) >= 11 is 0. The molecular weight excluding hydrogens is 230 g/mol. The van der Waals surface area contributed by atoms with Gasteiger partial charge in [0, 0.05) is 12.1 Å². The van der Waals surface area contributed by atoms with Gasteiger partial charge in [0.25, 0.3) is 5.69 Å². The van der Waals surface area contributed by atoms with Crippen LogP contribution < -0.4 is 5.43 Å². The number of rotatable bonds is 2. The Morgan fingerprint density at radius 3 is 2.76 bits per heavy atom. The number of nitrogens with one attached hydrogen (secondary N) is 1. The van der Waals surface area contributed by atoms with E-state index in [2.05, 4.69) is 10.2 Å². The van der Waals surface area contributed by atoms with Crippen LogP contribution in [0.5, 0.6) is 0 Å². The highest BCUT2D eigenvalue weighted by Gasteiger charge is 2.15. The summed E-state index contributed by atoms with van der Waals surface area (Å²) in [6.07, 6.45) is 0. The van der Waals surface area contributed by atoms with Gasteiger partial charge in [-0.3, -0.25) is 20.0 Å². The molecule has 0 bridgehead atoms. The van der Waals surface area contributed by atoms with Crippen molar-refractivity contribution in [3.8, 4) is 0 Å². The molecule has 0 aliphatic carbocycles. The van der Waals surface area contributed by atoms with Crippen molar-refractivity contribution in [2.45, 2.75) is 0 Å². The summed E-state index contributed by atoms with van der Waals surface area (Å²) in [6.45, 7) is 0. The highest BCUT2D eigenvalue weighted by atomic mass is 16.6. The summed E-state index contributed by atoms with van der Waals surface area (Å²) in [5, 5.41) is 24.9. The molecule has 1 heterocycles. The quantitative estimate of drug-likeness (QED) is 0.577. The minimum atomic E-state index is -1.49. The summed E-state index contributed by atoms with van der Waals surface area (Å²) in [5.74, 6) is -1.49. The number of aromatic carboxylic acids is 1. The molecule has 0 amide bonds. The monoisotopic (exact) mass is 235 g/mol. The standard InChI is InChI=1S/C9H5N3O5/c13-8-5-3-4(12(16)17)1-2-6(5)10-11-7(8)9(14)15/h1-3H,(H,10,13)(H,14,15). The molecule has 1 aromatic carbocycles. The molecule has 8 nitrogen and oxygen atoms in total. The fourth-order valence-corrected chi connectivity index (χ4v) is 1.37. The van der Waals surface area contributed by atoms with E-state index in [9.17, 15) is 19.7 Å². The van der Waals surface area contributed by atoms with E-state index in [-0.39, 0.29) is 16.6 Å². The molecule has 0 saturated heterocycles. The predicted octanol–water partition coefficient (Wildman–Crippen LogP) is 0.529. The molecule has 0 aliphatic rings. The predicted molar refractivity (Wildman–Crippen MR) is 56.0 cm³/mol. The molecule has 0 radical (unpaired) electrons. The lowest BCUT2D eigenvalue weighted by molar-refractivity contribution is -0.384. The fraction of sp³-hybridized carbons (Fsp3) is 0. The van der Waals surface area contributed by atoms with Gasteiger partial charge in [0.05, 0.1) is 15.8 Å². The molecule has 0 fully saturated rings. The maximum absolute atomic E-state index is 11.7. The van der Waals surface area contributed by atoms with Crippen LogP contribution in [0.3, 0.4) is 0 Å². The van der Waals surface area contributed by atoms with Gasteiger partial charge in [-0.2, -0.15) is 5.10 Å². The number of carbonyl (C=O) groups is 1. The third-order valence-corrected chi connectivity index (χ3v) is 2.16. The van der Waals surface area contributed by atoms with Crippen LogP contribution in [0.4, 0.5) is 5.69 Å². The topological polar surface area (TPSA) is 126 Å². The number of carboxylic acid groups (broad SMARTS) is 1. The lowest BCUT2D eigenvalue weighted by Gasteiger charge is -1.98. The third kappa shape index (κ3) is 1.71. The number of nitro benzene ring substituents is 1. The summed E-state index contributed by atoms with van der Waals surface area (Å²) in [6, 6.07) is 3.51. The first-order valence-corrected chi connectivity index (χ1v) is 4.41. The highest BCUT2D eigenvalue weighted by Crippen LogP contribution is 2.16. The maximum atomic E-state index is 11.7. The number of aromatic amines is 1. The van der Waals surface area contributed by atoms with E-state index >= 15 is 0 Å². The zero-order chi connectivity index (χ0) is 12.6. The zero-order valence-electron chi connectivity index (χ0n) is 8.21. The first-order chi connectivity index (χ1) is 8.00. The van der Waals surface area contributed by atoms with Crippen molar-refractivity contribution in [2.75, 3.05) is 0 Å². The molecule has 0 aliphatic heterocycles. The third-order valence-electron chi connectivity index (χ3n) is 2.16. The molecule has 17 heavy (non-hydrogen) atoms. The number of aromatic nitrogens is 2. The molecule has 1 aromatic heterocycles. The number of nitrogens with zero attached hydrogens (tertiary/aromatic N) is 2. The summed E-state index contributed by atoms with van der Waals surface area (Å²) in [5.41, 5.74) is -1.59. The van der Waals surface area contributed by atoms with E-state index in [1.54, 1.807) is 0 Å². The Bertz CT molecular complexity index is 685. The first-order valence-electron chi connectivity index (χ1n) is 4.41. The van der Waals surface area contributed by atoms with Crippen molar-refractivity contribution in [3.63, 3.8) is 0 Å². The van der Waals surface area contributed by atoms with Gasteiger partial charge >= 0.3 is 5.97 Å². The van der Waals surface area contributed by atoms with Gasteiger partial charge in [0.1, 0.15) is 0 Å². The number of hydrogen-bond donors (Lipinski definition) is 2. The molecule has 2 N–H and O–H groups in total. The van der Waals surface area contributed by atoms with Gasteiger partial charge in [0.2, 0.25) is 11.1 Å². The number of benzene rings is 1. The fourth-order valence-electron chi connectivity index (χ4n) is 1.37. The number of H-pyrrole nitrogens is 1. The summed E-state index contributed by atoms with van der Waals surface area (Å²) in [4.78, 5) is 32.2. The Hall–Kier alpha value is -2.77. The van der Waals surface area contributed by atoms with Crippen molar-refractivity contribution in [2.24, 2.45) is 0 Å². The van der Waals surface area contributed by atoms with E-state index in [0.29, 0.717) is 0 Å². The second kappa shape index (κ2) is 3.67. The molecular formula is C9H5N3O5. The SMILES string of the molecule is O=C(O)c1n[nH]c2ccc([N+](=O)[O-])cc2c1=O. The normalized spacial score (nSPS) is 10.4. The summed E-state index contributed by atoms with van der Waals surface area (Å²) in [7, 11) is 0. The van der Waals surface area contributed by atoms with Gasteiger partial charge in [-0.25, -0.2) is 4.79 Å². The van der Waals surface area contributed by atoms with E-state index in [0.717, 1.165) is 6.07 Å². The highest BCUT2D eigenvalue weighted by molar-refractivity contribution is 5.90. The van der Waals surface area contributed by atoms with Crippen molar-refractivity contribution < 1.29 is 14.8 Å². The Morgan fingerprint density at radius 1 is 1.47 bits per heavy atom. The Labute approximate surface area is 92.7 Å². The van der Waals surface area contributed by atoms with Gasteiger partial charge in [0.15, 0.2) is 0 Å². The number of carboxylic acids is 1. The molecule has 0 saturated carbocycles. The molecule has 2 rings (SSSR count). The Morgan fingerprint density at radius 2 is 2.18 bits per heavy atom. The van der Waals surface area contributed by atoms with Gasteiger partial charge < -0.3 is 5.11 Å². The largest absolute Gasteiger partial charge is 0.476 e. The number of nitro groups is 1. The minimum absolute atomic E-state index is 0.0772. The maximum Gasteiger partial charge on any atom is 0.360 e. The van der Waals surface area contributed by atoms with Crippen LogP contribution in [0.2, 0.25) is 0 Å². The van der Waals surface area contributed by atoms with Crippen molar-refractivity contribution in [3.05, 3.63) is 44.2 Å². The average Bonchev–Trinajstić information content (AvgIpc) is 2.28. The lowest BCUT2D eigenvalue weighted by Crippen LogP contribution is -2.18.